The van der Waals surface area contributed by atoms with Gasteiger partial charge in [-0.1, -0.05) is 0 Å². The fourth-order valence-corrected chi connectivity index (χ4v) is 2.60. The van der Waals surface area contributed by atoms with Crippen molar-refractivity contribution >= 4 is 33.0 Å². The average Bonchev–Trinajstić information content (AvgIpc) is 2.45. The van der Waals surface area contributed by atoms with Gasteiger partial charge >= 0.3 is 0 Å². The Bertz CT molecular complexity index is 707. The number of nitrogens with one attached hydrogen (secondary N) is 1. The summed E-state index contributed by atoms with van der Waals surface area (Å²) in [5.41, 5.74) is 8.73. The fraction of sp³-hybridized carbons (Fsp3) is 0.200. The molecule has 3 rings (SSSR count). The minimum Gasteiger partial charge on any atom is -0.486 e. The number of aryl methyl sites for hydroxylation is 1. The SMILES string of the molecule is Cc1cc(Br)c(F)cc1Nc1cc2c(cc1N)OCCO2. The van der Waals surface area contributed by atoms with Crippen LogP contribution >= 0.6 is 15.9 Å². The van der Waals surface area contributed by atoms with Gasteiger partial charge in [0, 0.05) is 17.8 Å². The highest BCUT2D eigenvalue weighted by Crippen LogP contribution is 2.38. The molecule has 6 heteroatoms. The first-order valence-electron chi connectivity index (χ1n) is 6.46. The van der Waals surface area contributed by atoms with Gasteiger partial charge in [0.1, 0.15) is 19.0 Å². The fourth-order valence-electron chi connectivity index (χ4n) is 2.14. The van der Waals surface area contributed by atoms with Crippen LogP contribution in [0.4, 0.5) is 21.5 Å². The highest BCUT2D eigenvalue weighted by atomic mass is 79.9. The molecule has 0 atom stereocenters. The Morgan fingerprint density at radius 1 is 1.10 bits per heavy atom. The van der Waals surface area contributed by atoms with Crippen molar-refractivity contribution in [3.63, 3.8) is 0 Å². The minimum absolute atomic E-state index is 0.334. The molecule has 4 nitrogen and oxygen atoms in total. The van der Waals surface area contributed by atoms with Gasteiger partial charge in [0.15, 0.2) is 11.5 Å². The summed E-state index contributed by atoms with van der Waals surface area (Å²) >= 11 is 3.17. The lowest BCUT2D eigenvalue weighted by molar-refractivity contribution is 0.172. The van der Waals surface area contributed by atoms with E-state index < -0.39 is 0 Å². The molecule has 2 aromatic rings. The van der Waals surface area contributed by atoms with Crippen molar-refractivity contribution in [3.05, 3.63) is 40.1 Å². The van der Waals surface area contributed by atoms with Gasteiger partial charge in [-0.2, -0.15) is 0 Å². The van der Waals surface area contributed by atoms with E-state index in [1.165, 1.54) is 6.07 Å². The summed E-state index contributed by atoms with van der Waals surface area (Å²) in [6.45, 7) is 2.90. The van der Waals surface area contributed by atoms with E-state index in [-0.39, 0.29) is 5.82 Å². The van der Waals surface area contributed by atoms with Gasteiger partial charge < -0.3 is 20.5 Å². The average molecular weight is 353 g/mol. The number of hydrogen-bond acceptors (Lipinski definition) is 4. The van der Waals surface area contributed by atoms with Crippen LogP contribution in [0.25, 0.3) is 0 Å². The van der Waals surface area contributed by atoms with E-state index in [9.17, 15) is 4.39 Å². The van der Waals surface area contributed by atoms with Crippen LogP contribution in [0.5, 0.6) is 11.5 Å². The number of ether oxygens (including phenoxy) is 2. The molecule has 0 unspecified atom stereocenters. The summed E-state index contributed by atoms with van der Waals surface area (Å²) in [4.78, 5) is 0. The highest BCUT2D eigenvalue weighted by molar-refractivity contribution is 9.10. The van der Waals surface area contributed by atoms with Crippen molar-refractivity contribution in [3.8, 4) is 11.5 Å². The molecule has 0 saturated heterocycles. The zero-order chi connectivity index (χ0) is 15.0. The second-order valence-electron chi connectivity index (χ2n) is 4.79. The molecule has 0 fully saturated rings. The van der Waals surface area contributed by atoms with E-state index in [4.69, 9.17) is 15.2 Å². The molecule has 3 N–H and O–H groups in total. The van der Waals surface area contributed by atoms with Gasteiger partial charge in [0.05, 0.1) is 15.8 Å². The van der Waals surface area contributed by atoms with Gasteiger partial charge in [-0.15, -0.1) is 0 Å². The van der Waals surface area contributed by atoms with Crippen LogP contribution in [-0.2, 0) is 0 Å². The molecule has 0 radical (unpaired) electrons. The zero-order valence-corrected chi connectivity index (χ0v) is 13.0. The Kier molecular flexibility index (Phi) is 3.63. The number of rotatable bonds is 2. The predicted octanol–water partition coefficient (Wildman–Crippen LogP) is 3.99. The Balaban J connectivity index is 1.96. The van der Waals surface area contributed by atoms with E-state index in [0.29, 0.717) is 46.2 Å². The Hall–Kier alpha value is -1.95. The number of hydrogen-bond donors (Lipinski definition) is 2. The van der Waals surface area contributed by atoms with Crippen LogP contribution in [0.1, 0.15) is 5.56 Å². The molecule has 0 aromatic heterocycles. The molecule has 1 aliphatic rings. The lowest BCUT2D eigenvalue weighted by Crippen LogP contribution is -2.15. The molecule has 1 aliphatic heterocycles. The van der Waals surface area contributed by atoms with Crippen molar-refractivity contribution in [2.24, 2.45) is 0 Å². The first kappa shape index (κ1) is 14.0. The van der Waals surface area contributed by atoms with E-state index in [2.05, 4.69) is 21.2 Å². The molecule has 110 valence electrons. The number of anilines is 3. The number of nitrogen functional groups attached to an aromatic ring is 1. The van der Waals surface area contributed by atoms with Crippen molar-refractivity contribution in [1.82, 2.24) is 0 Å². The van der Waals surface area contributed by atoms with E-state index in [1.54, 1.807) is 18.2 Å². The first-order chi connectivity index (χ1) is 10.0. The summed E-state index contributed by atoms with van der Waals surface area (Å²) < 4.78 is 25.1. The molecule has 0 bridgehead atoms. The number of fused-ring (bicyclic) bond motifs is 1. The van der Waals surface area contributed by atoms with Gasteiger partial charge in [0.25, 0.3) is 0 Å². The van der Waals surface area contributed by atoms with Crippen LogP contribution in [0.2, 0.25) is 0 Å². The third-order valence-corrected chi connectivity index (χ3v) is 3.86. The van der Waals surface area contributed by atoms with E-state index in [0.717, 1.165) is 5.56 Å². The third kappa shape index (κ3) is 2.76. The highest BCUT2D eigenvalue weighted by Gasteiger charge is 2.15. The summed E-state index contributed by atoms with van der Waals surface area (Å²) in [7, 11) is 0. The molecule has 1 heterocycles. The van der Waals surface area contributed by atoms with Gasteiger partial charge in [0.2, 0.25) is 0 Å². The zero-order valence-electron chi connectivity index (χ0n) is 11.4. The quantitative estimate of drug-likeness (QED) is 0.802. The summed E-state index contributed by atoms with van der Waals surface area (Å²) in [6.07, 6.45) is 0. The second-order valence-corrected chi connectivity index (χ2v) is 5.64. The molecular weight excluding hydrogens is 339 g/mol. The number of nitrogens with two attached hydrogens (primary N) is 1. The van der Waals surface area contributed by atoms with Gasteiger partial charge in [-0.05, 0) is 40.5 Å². The Morgan fingerprint density at radius 2 is 1.76 bits per heavy atom. The van der Waals surface area contributed by atoms with Gasteiger partial charge in [-0.3, -0.25) is 0 Å². The van der Waals surface area contributed by atoms with Crippen molar-refractivity contribution in [1.29, 1.82) is 0 Å². The van der Waals surface area contributed by atoms with Crippen molar-refractivity contribution in [2.75, 3.05) is 24.3 Å². The smallest absolute Gasteiger partial charge is 0.163 e. The second kappa shape index (κ2) is 5.44. The molecule has 0 aliphatic carbocycles. The first-order valence-corrected chi connectivity index (χ1v) is 7.25. The van der Waals surface area contributed by atoms with Crippen LogP contribution in [-0.4, -0.2) is 13.2 Å². The molecule has 0 amide bonds. The standard InChI is InChI=1S/C15H14BrFN2O2/c1-8-4-9(16)10(17)5-12(8)19-13-7-15-14(6-11(13)18)20-2-3-21-15/h4-7,19H,2-3,18H2,1H3. The molecule has 0 saturated carbocycles. The summed E-state index contributed by atoms with van der Waals surface area (Å²) in [5.74, 6) is 0.926. The van der Waals surface area contributed by atoms with Crippen molar-refractivity contribution in [2.45, 2.75) is 6.92 Å². The molecular formula is C15H14BrFN2O2. The number of halogens is 2. The normalized spacial score (nSPS) is 13.1. The molecule has 2 aromatic carbocycles. The van der Waals surface area contributed by atoms with Crippen LogP contribution in [0.15, 0.2) is 28.7 Å². The van der Waals surface area contributed by atoms with Crippen molar-refractivity contribution < 1.29 is 13.9 Å². The summed E-state index contributed by atoms with van der Waals surface area (Å²) in [5, 5.41) is 3.14. The van der Waals surface area contributed by atoms with Gasteiger partial charge in [-0.25, -0.2) is 4.39 Å². The predicted molar refractivity (Wildman–Crippen MR) is 84.0 cm³/mol. The molecule has 21 heavy (non-hydrogen) atoms. The number of benzene rings is 2. The summed E-state index contributed by atoms with van der Waals surface area (Å²) in [6, 6.07) is 6.62. The Morgan fingerprint density at radius 3 is 2.48 bits per heavy atom. The van der Waals surface area contributed by atoms with E-state index >= 15 is 0 Å². The monoisotopic (exact) mass is 352 g/mol. The Labute approximate surface area is 130 Å². The molecule has 0 spiro atoms. The van der Waals surface area contributed by atoms with Crippen LogP contribution < -0.4 is 20.5 Å². The largest absolute Gasteiger partial charge is 0.486 e. The lowest BCUT2D eigenvalue weighted by atomic mass is 10.1. The maximum absolute atomic E-state index is 13.7. The maximum atomic E-state index is 13.7. The van der Waals surface area contributed by atoms with E-state index in [1.807, 2.05) is 6.92 Å². The van der Waals surface area contributed by atoms with Crippen LogP contribution in [0.3, 0.4) is 0 Å². The van der Waals surface area contributed by atoms with Crippen LogP contribution in [0, 0.1) is 12.7 Å². The third-order valence-electron chi connectivity index (χ3n) is 3.25. The maximum Gasteiger partial charge on any atom is 0.163 e. The topological polar surface area (TPSA) is 56.5 Å². The lowest BCUT2D eigenvalue weighted by Gasteiger charge is -2.21. The minimum atomic E-state index is -0.334.